The maximum absolute atomic E-state index is 13.4. The van der Waals surface area contributed by atoms with E-state index in [1.807, 2.05) is 0 Å². The summed E-state index contributed by atoms with van der Waals surface area (Å²) < 4.78 is 61.7. The summed E-state index contributed by atoms with van der Waals surface area (Å²) in [6.07, 6.45) is -9.52. The minimum Gasteiger partial charge on any atom is -0.421 e. The van der Waals surface area contributed by atoms with Gasteiger partial charge in [0.2, 0.25) is 0 Å². The van der Waals surface area contributed by atoms with E-state index in [4.69, 9.17) is 0 Å². The summed E-state index contributed by atoms with van der Waals surface area (Å²) in [5.41, 5.74) is 1.39. The average molecular weight is 324 g/mol. The fourth-order valence-electron chi connectivity index (χ4n) is 2.35. The molecule has 1 N–H and O–H groups in total. The van der Waals surface area contributed by atoms with Crippen molar-refractivity contribution in [1.82, 2.24) is 9.97 Å². The van der Waals surface area contributed by atoms with Crippen LogP contribution in [0.1, 0.15) is 0 Å². The molecule has 1 aliphatic heterocycles. The van der Waals surface area contributed by atoms with Crippen LogP contribution < -0.4 is 9.47 Å². The highest BCUT2D eigenvalue weighted by Crippen LogP contribution is 2.50. The van der Waals surface area contributed by atoms with Crippen LogP contribution in [0.15, 0.2) is 42.5 Å². The van der Waals surface area contributed by atoms with Gasteiger partial charge < -0.3 is 14.5 Å². The molecular formula is C15H8F4N2O2. The predicted octanol–water partition coefficient (Wildman–Crippen LogP) is 4.19. The molecule has 0 radical (unpaired) electrons. The number of benzene rings is 2. The molecule has 3 aromatic rings. The van der Waals surface area contributed by atoms with Gasteiger partial charge in [0.1, 0.15) is 5.82 Å². The van der Waals surface area contributed by atoms with E-state index in [9.17, 15) is 17.6 Å². The maximum Gasteiger partial charge on any atom is 0.507 e. The molecule has 0 amide bonds. The molecule has 2 heterocycles. The monoisotopic (exact) mass is 324 g/mol. The average Bonchev–Trinajstić information content (AvgIpc) is 2.91. The molecule has 0 bridgehead atoms. The number of hydrogen-bond donors (Lipinski definition) is 1. The molecule has 23 heavy (non-hydrogen) atoms. The van der Waals surface area contributed by atoms with Gasteiger partial charge >= 0.3 is 12.2 Å². The van der Waals surface area contributed by atoms with Crippen LogP contribution in [-0.4, -0.2) is 22.2 Å². The van der Waals surface area contributed by atoms with Gasteiger partial charge in [-0.25, -0.2) is 4.98 Å². The maximum atomic E-state index is 13.4. The lowest BCUT2D eigenvalue weighted by Crippen LogP contribution is -2.52. The van der Waals surface area contributed by atoms with E-state index in [0.717, 1.165) is 6.07 Å². The molecule has 118 valence electrons. The van der Waals surface area contributed by atoms with Crippen LogP contribution in [0.25, 0.3) is 22.4 Å². The van der Waals surface area contributed by atoms with Crippen LogP contribution in [0.2, 0.25) is 0 Å². The topological polar surface area (TPSA) is 47.1 Å². The van der Waals surface area contributed by atoms with Crippen LogP contribution >= 0.6 is 0 Å². The number of aromatic nitrogens is 2. The Morgan fingerprint density at radius 3 is 2.39 bits per heavy atom. The van der Waals surface area contributed by atoms with Crippen molar-refractivity contribution in [1.29, 1.82) is 0 Å². The Bertz CT molecular complexity index is 874. The number of nitrogens with zero attached hydrogens (tertiary/aromatic N) is 1. The first-order valence-corrected chi connectivity index (χ1v) is 6.59. The zero-order valence-corrected chi connectivity index (χ0v) is 11.3. The number of aromatic amines is 1. The Kier molecular flexibility index (Phi) is 2.64. The molecule has 4 nitrogen and oxygen atoms in total. The molecular weight excluding hydrogens is 316 g/mol. The summed E-state index contributed by atoms with van der Waals surface area (Å²) in [7, 11) is 0. The Hall–Kier alpha value is -2.77. The number of rotatable bonds is 1. The van der Waals surface area contributed by atoms with E-state index in [0.29, 0.717) is 11.0 Å². The normalized spacial score (nSPS) is 18.1. The number of halogens is 4. The molecule has 2 aromatic carbocycles. The SMILES string of the molecule is FC1(F)Oc2cccc(-c3nc4ccccc4[nH]3)c2OC1(F)F. The van der Waals surface area contributed by atoms with Crippen LogP contribution in [-0.2, 0) is 0 Å². The van der Waals surface area contributed by atoms with E-state index in [-0.39, 0.29) is 11.4 Å². The lowest BCUT2D eigenvalue weighted by atomic mass is 10.1. The predicted molar refractivity (Wildman–Crippen MR) is 72.7 cm³/mol. The van der Waals surface area contributed by atoms with Crippen LogP contribution in [0.4, 0.5) is 17.6 Å². The second-order valence-corrected chi connectivity index (χ2v) is 4.97. The van der Waals surface area contributed by atoms with E-state index < -0.39 is 23.7 Å². The molecule has 0 saturated heterocycles. The third kappa shape index (κ3) is 2.01. The molecule has 0 aliphatic carbocycles. The van der Waals surface area contributed by atoms with Gasteiger partial charge in [0.05, 0.1) is 16.6 Å². The van der Waals surface area contributed by atoms with Crippen molar-refractivity contribution >= 4 is 11.0 Å². The molecule has 0 saturated carbocycles. The molecule has 0 spiro atoms. The van der Waals surface area contributed by atoms with Gasteiger partial charge in [-0.05, 0) is 24.3 Å². The molecule has 8 heteroatoms. The summed E-state index contributed by atoms with van der Waals surface area (Å²) in [5, 5.41) is 0. The number of H-pyrrole nitrogens is 1. The Morgan fingerprint density at radius 2 is 1.61 bits per heavy atom. The number of alkyl halides is 4. The van der Waals surface area contributed by atoms with Crippen molar-refractivity contribution in [2.24, 2.45) is 0 Å². The van der Waals surface area contributed by atoms with Gasteiger partial charge in [0.15, 0.2) is 11.5 Å². The third-order valence-corrected chi connectivity index (χ3v) is 3.43. The van der Waals surface area contributed by atoms with Gasteiger partial charge in [-0.1, -0.05) is 18.2 Å². The largest absolute Gasteiger partial charge is 0.507 e. The Morgan fingerprint density at radius 1 is 0.870 bits per heavy atom. The van der Waals surface area contributed by atoms with E-state index >= 15 is 0 Å². The number of hydrogen-bond acceptors (Lipinski definition) is 3. The molecule has 1 aliphatic rings. The van der Waals surface area contributed by atoms with E-state index in [2.05, 4.69) is 19.4 Å². The van der Waals surface area contributed by atoms with Gasteiger partial charge in [-0.2, -0.15) is 17.6 Å². The van der Waals surface area contributed by atoms with Crippen LogP contribution in [0, 0.1) is 0 Å². The number of nitrogens with one attached hydrogen (secondary N) is 1. The molecule has 4 rings (SSSR count). The standard InChI is InChI=1S/C15H8F4N2O2/c16-14(17)15(18,19)23-12-8(4-3-7-11(12)22-14)13-20-9-5-1-2-6-10(9)21-13/h1-7H,(H,20,21). The summed E-state index contributed by atoms with van der Waals surface area (Å²) >= 11 is 0. The quantitative estimate of drug-likeness (QED) is 0.683. The lowest BCUT2D eigenvalue weighted by Gasteiger charge is -2.32. The number of ether oxygens (including phenoxy) is 2. The summed E-state index contributed by atoms with van der Waals surface area (Å²) in [5.74, 6) is -0.742. The Balaban J connectivity index is 1.89. The highest BCUT2D eigenvalue weighted by molar-refractivity contribution is 5.81. The highest BCUT2D eigenvalue weighted by atomic mass is 19.3. The first-order valence-electron chi connectivity index (χ1n) is 6.59. The van der Waals surface area contributed by atoms with E-state index in [1.165, 1.54) is 12.1 Å². The third-order valence-electron chi connectivity index (χ3n) is 3.43. The van der Waals surface area contributed by atoms with Gasteiger partial charge in [0, 0.05) is 0 Å². The molecule has 0 unspecified atom stereocenters. The zero-order chi connectivity index (χ0) is 16.2. The molecule has 0 fully saturated rings. The zero-order valence-electron chi connectivity index (χ0n) is 11.3. The van der Waals surface area contributed by atoms with Crippen molar-refractivity contribution in [3.63, 3.8) is 0 Å². The summed E-state index contributed by atoms with van der Waals surface area (Å²) in [6, 6.07) is 11.0. The minimum atomic E-state index is -4.78. The number of imidazole rings is 1. The Labute approximate surface area is 126 Å². The first kappa shape index (κ1) is 13.9. The number of fused-ring (bicyclic) bond motifs is 2. The van der Waals surface area contributed by atoms with Crippen molar-refractivity contribution in [2.75, 3.05) is 0 Å². The van der Waals surface area contributed by atoms with Gasteiger partial charge in [-0.3, -0.25) is 0 Å². The smallest absolute Gasteiger partial charge is 0.421 e. The lowest BCUT2D eigenvalue weighted by molar-refractivity contribution is -0.391. The molecule has 1 aromatic heterocycles. The van der Waals surface area contributed by atoms with Gasteiger partial charge in [-0.15, -0.1) is 0 Å². The van der Waals surface area contributed by atoms with E-state index in [1.54, 1.807) is 24.3 Å². The van der Waals surface area contributed by atoms with Crippen LogP contribution in [0.5, 0.6) is 11.5 Å². The first-order chi connectivity index (χ1) is 10.9. The second kappa shape index (κ2) is 4.37. The van der Waals surface area contributed by atoms with Crippen molar-refractivity contribution in [3.8, 4) is 22.9 Å². The van der Waals surface area contributed by atoms with Crippen molar-refractivity contribution < 1.29 is 27.0 Å². The minimum absolute atomic E-state index is 0.105. The van der Waals surface area contributed by atoms with Crippen LogP contribution in [0.3, 0.4) is 0 Å². The number of para-hydroxylation sites is 3. The summed E-state index contributed by atoms with van der Waals surface area (Å²) in [4.78, 5) is 7.18. The highest BCUT2D eigenvalue weighted by Gasteiger charge is 2.66. The van der Waals surface area contributed by atoms with Gasteiger partial charge in [0.25, 0.3) is 0 Å². The second-order valence-electron chi connectivity index (χ2n) is 4.97. The fourth-order valence-corrected chi connectivity index (χ4v) is 2.35. The van der Waals surface area contributed by atoms with Crippen molar-refractivity contribution in [2.45, 2.75) is 12.2 Å². The summed E-state index contributed by atoms with van der Waals surface area (Å²) in [6.45, 7) is 0. The molecule has 0 atom stereocenters. The fraction of sp³-hybridized carbons (Fsp3) is 0.133. The van der Waals surface area contributed by atoms with Crippen molar-refractivity contribution in [3.05, 3.63) is 42.5 Å².